The van der Waals surface area contributed by atoms with Gasteiger partial charge in [0.2, 0.25) is 0 Å². The van der Waals surface area contributed by atoms with Crippen LogP contribution in [0.3, 0.4) is 0 Å². The molecule has 4 heteroatoms. The van der Waals surface area contributed by atoms with Gasteiger partial charge in [0.1, 0.15) is 0 Å². The fourth-order valence-corrected chi connectivity index (χ4v) is 3.42. The monoisotopic (exact) mass is 292 g/mol. The first-order valence-corrected chi connectivity index (χ1v) is 7.75. The first-order chi connectivity index (χ1) is 10.1. The minimum atomic E-state index is 0.509. The number of likely N-dealkylation sites (tertiary alicyclic amines) is 1. The normalized spacial score (nSPS) is 24.0. The highest BCUT2D eigenvalue weighted by Crippen LogP contribution is 2.30. The molecule has 0 amide bonds. The summed E-state index contributed by atoms with van der Waals surface area (Å²) in [4.78, 5) is 2.58. The SMILES string of the molecule is COc1ccc(CC(C)N2CC(CN)CC2C)cc1OC. The van der Waals surface area contributed by atoms with Crippen LogP contribution in [-0.4, -0.2) is 44.3 Å². The van der Waals surface area contributed by atoms with Gasteiger partial charge in [0.15, 0.2) is 11.5 Å². The molecule has 1 aliphatic heterocycles. The molecule has 21 heavy (non-hydrogen) atoms. The van der Waals surface area contributed by atoms with Gasteiger partial charge in [-0.3, -0.25) is 4.90 Å². The van der Waals surface area contributed by atoms with Crippen LogP contribution in [0.5, 0.6) is 11.5 Å². The summed E-state index contributed by atoms with van der Waals surface area (Å²) in [5, 5.41) is 0. The van der Waals surface area contributed by atoms with Crippen molar-refractivity contribution in [3.8, 4) is 11.5 Å². The molecule has 0 aromatic heterocycles. The van der Waals surface area contributed by atoms with E-state index in [1.807, 2.05) is 6.07 Å². The lowest BCUT2D eigenvalue weighted by Gasteiger charge is -2.29. The van der Waals surface area contributed by atoms with Crippen molar-refractivity contribution in [2.45, 2.75) is 38.8 Å². The van der Waals surface area contributed by atoms with Gasteiger partial charge in [-0.2, -0.15) is 0 Å². The van der Waals surface area contributed by atoms with E-state index in [1.165, 1.54) is 12.0 Å². The highest BCUT2D eigenvalue weighted by molar-refractivity contribution is 5.43. The summed E-state index contributed by atoms with van der Waals surface area (Å²) in [6, 6.07) is 7.32. The summed E-state index contributed by atoms with van der Waals surface area (Å²) in [5.41, 5.74) is 7.10. The zero-order chi connectivity index (χ0) is 15.4. The molecule has 4 nitrogen and oxygen atoms in total. The average molecular weight is 292 g/mol. The molecule has 1 aromatic rings. The van der Waals surface area contributed by atoms with Crippen LogP contribution in [0.25, 0.3) is 0 Å². The molecule has 3 unspecified atom stereocenters. The maximum Gasteiger partial charge on any atom is 0.160 e. The van der Waals surface area contributed by atoms with Gasteiger partial charge in [-0.1, -0.05) is 6.07 Å². The second kappa shape index (κ2) is 7.14. The maximum atomic E-state index is 5.82. The lowest BCUT2D eigenvalue weighted by molar-refractivity contribution is 0.198. The van der Waals surface area contributed by atoms with E-state index in [-0.39, 0.29) is 0 Å². The van der Waals surface area contributed by atoms with Crippen molar-refractivity contribution in [3.05, 3.63) is 23.8 Å². The van der Waals surface area contributed by atoms with Crippen LogP contribution >= 0.6 is 0 Å². The Morgan fingerprint density at radius 3 is 2.57 bits per heavy atom. The Hall–Kier alpha value is -1.26. The number of rotatable bonds is 6. The number of hydrogen-bond acceptors (Lipinski definition) is 4. The number of methoxy groups -OCH3 is 2. The van der Waals surface area contributed by atoms with Crippen LogP contribution < -0.4 is 15.2 Å². The van der Waals surface area contributed by atoms with Crippen molar-refractivity contribution >= 4 is 0 Å². The Kier molecular flexibility index (Phi) is 5.48. The molecule has 1 saturated heterocycles. The molecular formula is C17H28N2O2. The Morgan fingerprint density at radius 2 is 2.00 bits per heavy atom. The minimum Gasteiger partial charge on any atom is -0.493 e. The largest absolute Gasteiger partial charge is 0.493 e. The second-order valence-corrected chi connectivity index (χ2v) is 6.13. The maximum absolute atomic E-state index is 5.82. The summed E-state index contributed by atoms with van der Waals surface area (Å²) in [6.07, 6.45) is 2.23. The summed E-state index contributed by atoms with van der Waals surface area (Å²) in [6.45, 7) is 6.52. The molecule has 0 bridgehead atoms. The van der Waals surface area contributed by atoms with E-state index in [0.717, 1.165) is 31.0 Å². The molecular weight excluding hydrogens is 264 g/mol. The Bertz CT molecular complexity index is 464. The third kappa shape index (κ3) is 3.69. The molecule has 0 saturated carbocycles. The van der Waals surface area contributed by atoms with Crippen molar-refractivity contribution in [1.82, 2.24) is 4.90 Å². The van der Waals surface area contributed by atoms with Crippen molar-refractivity contribution < 1.29 is 9.47 Å². The molecule has 1 heterocycles. The number of nitrogens with zero attached hydrogens (tertiary/aromatic N) is 1. The zero-order valence-electron chi connectivity index (χ0n) is 13.6. The van der Waals surface area contributed by atoms with Gasteiger partial charge in [-0.25, -0.2) is 0 Å². The smallest absolute Gasteiger partial charge is 0.160 e. The van der Waals surface area contributed by atoms with Gasteiger partial charge in [-0.05, 0) is 56.8 Å². The third-order valence-electron chi connectivity index (χ3n) is 4.59. The van der Waals surface area contributed by atoms with Crippen LogP contribution in [0.4, 0.5) is 0 Å². The summed E-state index contributed by atoms with van der Waals surface area (Å²) in [7, 11) is 3.35. The van der Waals surface area contributed by atoms with Gasteiger partial charge in [0.25, 0.3) is 0 Å². The van der Waals surface area contributed by atoms with Gasteiger partial charge in [0.05, 0.1) is 14.2 Å². The van der Waals surface area contributed by atoms with Crippen LogP contribution in [-0.2, 0) is 6.42 Å². The van der Waals surface area contributed by atoms with Crippen LogP contribution in [0.2, 0.25) is 0 Å². The molecule has 0 radical (unpaired) electrons. The molecule has 2 rings (SSSR count). The van der Waals surface area contributed by atoms with Crippen molar-refractivity contribution in [2.24, 2.45) is 11.7 Å². The van der Waals surface area contributed by atoms with Crippen molar-refractivity contribution in [2.75, 3.05) is 27.3 Å². The molecule has 1 aliphatic rings. The van der Waals surface area contributed by atoms with E-state index in [0.29, 0.717) is 18.0 Å². The summed E-state index contributed by atoms with van der Waals surface area (Å²) < 4.78 is 10.7. The van der Waals surface area contributed by atoms with E-state index in [1.54, 1.807) is 14.2 Å². The lowest BCUT2D eigenvalue weighted by atomic mass is 10.0. The van der Waals surface area contributed by atoms with Crippen LogP contribution in [0.1, 0.15) is 25.8 Å². The summed E-state index contributed by atoms with van der Waals surface area (Å²) in [5.74, 6) is 2.23. The lowest BCUT2D eigenvalue weighted by Crippen LogP contribution is -2.37. The predicted octanol–water partition coefficient (Wildman–Crippen LogP) is 2.30. The fourth-order valence-electron chi connectivity index (χ4n) is 3.42. The number of benzene rings is 1. The molecule has 1 fully saturated rings. The first kappa shape index (κ1) is 16.1. The minimum absolute atomic E-state index is 0.509. The summed E-state index contributed by atoms with van der Waals surface area (Å²) >= 11 is 0. The molecule has 3 atom stereocenters. The average Bonchev–Trinajstić information content (AvgIpc) is 2.88. The van der Waals surface area contributed by atoms with E-state index >= 15 is 0 Å². The van der Waals surface area contributed by atoms with E-state index in [4.69, 9.17) is 15.2 Å². The predicted molar refractivity (Wildman–Crippen MR) is 86.0 cm³/mol. The molecule has 0 spiro atoms. The van der Waals surface area contributed by atoms with E-state index in [9.17, 15) is 0 Å². The van der Waals surface area contributed by atoms with Crippen LogP contribution in [0.15, 0.2) is 18.2 Å². The topological polar surface area (TPSA) is 47.7 Å². The molecule has 118 valence electrons. The van der Waals surface area contributed by atoms with Gasteiger partial charge in [-0.15, -0.1) is 0 Å². The van der Waals surface area contributed by atoms with Crippen LogP contribution in [0, 0.1) is 5.92 Å². The number of hydrogen-bond donors (Lipinski definition) is 1. The van der Waals surface area contributed by atoms with E-state index in [2.05, 4.69) is 30.9 Å². The molecule has 2 N–H and O–H groups in total. The molecule has 0 aliphatic carbocycles. The van der Waals surface area contributed by atoms with Gasteiger partial charge >= 0.3 is 0 Å². The Balaban J connectivity index is 2.04. The Labute approximate surface area is 128 Å². The standard InChI is InChI=1S/C17H28N2O2/c1-12(19-11-15(10-18)8-13(19)2)7-14-5-6-16(20-3)17(9-14)21-4/h5-6,9,12-13,15H,7-8,10-11,18H2,1-4H3. The van der Waals surface area contributed by atoms with Gasteiger partial charge < -0.3 is 15.2 Å². The zero-order valence-corrected chi connectivity index (χ0v) is 13.6. The quantitative estimate of drug-likeness (QED) is 0.874. The van der Waals surface area contributed by atoms with Gasteiger partial charge in [0, 0.05) is 18.6 Å². The number of ether oxygens (including phenoxy) is 2. The number of nitrogens with two attached hydrogens (primary N) is 1. The fraction of sp³-hybridized carbons (Fsp3) is 0.647. The Morgan fingerprint density at radius 1 is 1.29 bits per heavy atom. The van der Waals surface area contributed by atoms with Crippen molar-refractivity contribution in [3.63, 3.8) is 0 Å². The second-order valence-electron chi connectivity index (χ2n) is 6.13. The third-order valence-corrected chi connectivity index (χ3v) is 4.59. The highest BCUT2D eigenvalue weighted by Gasteiger charge is 2.31. The molecule has 1 aromatic carbocycles. The van der Waals surface area contributed by atoms with Crippen molar-refractivity contribution in [1.29, 1.82) is 0 Å². The highest BCUT2D eigenvalue weighted by atomic mass is 16.5. The first-order valence-electron chi connectivity index (χ1n) is 7.75. The van der Waals surface area contributed by atoms with E-state index < -0.39 is 0 Å².